The number of nitrogen functional groups attached to an aromatic ring is 1. The number of carbonyl (C=O) groups is 2. The van der Waals surface area contributed by atoms with Crippen molar-refractivity contribution in [3.05, 3.63) is 96.1 Å². The monoisotopic (exact) mass is 359 g/mol. The summed E-state index contributed by atoms with van der Waals surface area (Å²) in [6.45, 7) is 1.36. The van der Waals surface area contributed by atoms with Gasteiger partial charge in [-0.3, -0.25) is 4.79 Å². The molecule has 0 aliphatic carbocycles. The standard InChI is InChI=1S/C22H21N3O2/c1-16(26)25(20-14-12-19(23)13-15-20)22(27)24-21(17-8-4-2-5-9-17)18-10-6-3-7-11-18/h2-15,21H,23H2,1H3,(H,24,27). The third-order valence-electron chi connectivity index (χ3n) is 4.20. The molecule has 3 N–H and O–H groups in total. The van der Waals surface area contributed by atoms with E-state index in [-0.39, 0.29) is 11.9 Å². The zero-order chi connectivity index (χ0) is 19.2. The highest BCUT2D eigenvalue weighted by atomic mass is 16.2. The van der Waals surface area contributed by atoms with Gasteiger partial charge in [0.15, 0.2) is 0 Å². The van der Waals surface area contributed by atoms with Gasteiger partial charge in [0.2, 0.25) is 5.91 Å². The van der Waals surface area contributed by atoms with E-state index in [2.05, 4.69) is 5.32 Å². The van der Waals surface area contributed by atoms with Crippen LogP contribution in [0.15, 0.2) is 84.9 Å². The number of hydrogen-bond donors (Lipinski definition) is 2. The molecule has 3 aromatic carbocycles. The zero-order valence-electron chi connectivity index (χ0n) is 15.0. The molecule has 3 aromatic rings. The summed E-state index contributed by atoms with van der Waals surface area (Å²) in [5.74, 6) is -0.378. The molecule has 0 aliphatic rings. The maximum atomic E-state index is 13.0. The Balaban J connectivity index is 1.93. The summed E-state index contributed by atoms with van der Waals surface area (Å²) in [5, 5.41) is 2.98. The van der Waals surface area contributed by atoms with Gasteiger partial charge in [0, 0.05) is 12.6 Å². The predicted molar refractivity (Wildman–Crippen MR) is 107 cm³/mol. The second kappa shape index (κ2) is 8.19. The topological polar surface area (TPSA) is 75.4 Å². The number of imide groups is 1. The van der Waals surface area contributed by atoms with Crippen molar-refractivity contribution < 1.29 is 9.59 Å². The number of nitrogens with two attached hydrogens (primary N) is 1. The highest BCUT2D eigenvalue weighted by Gasteiger charge is 2.24. The molecule has 5 heteroatoms. The van der Waals surface area contributed by atoms with Gasteiger partial charge in [0.05, 0.1) is 11.7 Å². The molecule has 0 aromatic heterocycles. The summed E-state index contributed by atoms with van der Waals surface area (Å²) in [6.07, 6.45) is 0. The van der Waals surface area contributed by atoms with Crippen molar-refractivity contribution in [2.45, 2.75) is 13.0 Å². The van der Waals surface area contributed by atoms with Crippen molar-refractivity contribution in [1.29, 1.82) is 0 Å². The molecule has 0 radical (unpaired) electrons. The van der Waals surface area contributed by atoms with Gasteiger partial charge < -0.3 is 11.1 Å². The highest BCUT2D eigenvalue weighted by molar-refractivity contribution is 6.13. The minimum Gasteiger partial charge on any atom is -0.399 e. The first-order valence-electron chi connectivity index (χ1n) is 8.63. The van der Waals surface area contributed by atoms with Crippen LogP contribution >= 0.6 is 0 Å². The van der Waals surface area contributed by atoms with Crippen LogP contribution in [0.2, 0.25) is 0 Å². The van der Waals surface area contributed by atoms with Gasteiger partial charge in [-0.2, -0.15) is 0 Å². The van der Waals surface area contributed by atoms with Crippen LogP contribution in [-0.4, -0.2) is 11.9 Å². The summed E-state index contributed by atoms with van der Waals surface area (Å²) in [6, 6.07) is 25.0. The molecule has 0 heterocycles. The number of benzene rings is 3. The Kier molecular flexibility index (Phi) is 5.52. The normalized spacial score (nSPS) is 10.4. The number of amides is 3. The molecular formula is C22H21N3O2. The lowest BCUT2D eigenvalue weighted by molar-refractivity contribution is -0.115. The minimum atomic E-state index is -0.495. The molecule has 0 atom stereocenters. The van der Waals surface area contributed by atoms with E-state index in [4.69, 9.17) is 5.73 Å². The summed E-state index contributed by atoms with van der Waals surface area (Å²) in [5.41, 5.74) is 8.60. The van der Waals surface area contributed by atoms with Gasteiger partial charge in [0.25, 0.3) is 0 Å². The molecule has 5 nitrogen and oxygen atoms in total. The third kappa shape index (κ3) is 4.33. The van der Waals surface area contributed by atoms with Gasteiger partial charge in [-0.15, -0.1) is 0 Å². The van der Waals surface area contributed by atoms with E-state index >= 15 is 0 Å². The molecule has 136 valence electrons. The van der Waals surface area contributed by atoms with Crippen LogP contribution in [0.3, 0.4) is 0 Å². The minimum absolute atomic E-state index is 0.378. The van der Waals surface area contributed by atoms with Crippen molar-refractivity contribution in [3.8, 4) is 0 Å². The summed E-state index contributed by atoms with van der Waals surface area (Å²) in [7, 11) is 0. The lowest BCUT2D eigenvalue weighted by atomic mass is 9.99. The van der Waals surface area contributed by atoms with E-state index < -0.39 is 6.03 Å². The average Bonchev–Trinajstić information content (AvgIpc) is 2.69. The van der Waals surface area contributed by atoms with Crippen molar-refractivity contribution in [2.24, 2.45) is 0 Å². The molecule has 27 heavy (non-hydrogen) atoms. The van der Waals surface area contributed by atoms with Crippen LogP contribution in [0.5, 0.6) is 0 Å². The number of anilines is 2. The lowest BCUT2D eigenvalue weighted by Gasteiger charge is -2.25. The molecule has 3 amide bonds. The Morgan fingerprint density at radius 3 is 1.74 bits per heavy atom. The number of nitrogens with zero attached hydrogens (tertiary/aromatic N) is 1. The zero-order valence-corrected chi connectivity index (χ0v) is 15.0. The SMILES string of the molecule is CC(=O)N(C(=O)NC(c1ccccc1)c1ccccc1)c1ccc(N)cc1. The average molecular weight is 359 g/mol. The van der Waals surface area contributed by atoms with Gasteiger partial charge in [-0.05, 0) is 35.4 Å². The van der Waals surface area contributed by atoms with Crippen LogP contribution < -0.4 is 16.0 Å². The number of hydrogen-bond acceptors (Lipinski definition) is 3. The Labute approximate surface area is 158 Å². The Morgan fingerprint density at radius 2 is 1.30 bits per heavy atom. The Hall–Kier alpha value is -3.60. The van der Waals surface area contributed by atoms with Crippen LogP contribution in [-0.2, 0) is 4.79 Å². The van der Waals surface area contributed by atoms with Gasteiger partial charge >= 0.3 is 6.03 Å². The number of urea groups is 1. The van der Waals surface area contributed by atoms with E-state index in [0.29, 0.717) is 11.4 Å². The largest absolute Gasteiger partial charge is 0.399 e. The fraction of sp³-hybridized carbons (Fsp3) is 0.0909. The van der Waals surface area contributed by atoms with Crippen molar-refractivity contribution in [3.63, 3.8) is 0 Å². The van der Waals surface area contributed by atoms with Crippen LogP contribution in [0.4, 0.5) is 16.2 Å². The summed E-state index contributed by atoms with van der Waals surface area (Å²) < 4.78 is 0. The number of carbonyl (C=O) groups excluding carboxylic acids is 2. The molecular weight excluding hydrogens is 338 g/mol. The molecule has 3 rings (SSSR count). The Morgan fingerprint density at radius 1 is 0.815 bits per heavy atom. The third-order valence-corrected chi connectivity index (χ3v) is 4.20. The summed E-state index contributed by atoms with van der Waals surface area (Å²) >= 11 is 0. The molecule has 0 fully saturated rings. The second-order valence-electron chi connectivity index (χ2n) is 6.15. The van der Waals surface area contributed by atoms with Gasteiger partial charge in [-0.1, -0.05) is 60.7 Å². The van der Waals surface area contributed by atoms with Crippen LogP contribution in [0.25, 0.3) is 0 Å². The number of rotatable bonds is 4. The lowest BCUT2D eigenvalue weighted by Crippen LogP contribution is -2.44. The van der Waals surface area contributed by atoms with E-state index in [9.17, 15) is 9.59 Å². The van der Waals surface area contributed by atoms with Crippen LogP contribution in [0.1, 0.15) is 24.1 Å². The fourth-order valence-electron chi connectivity index (χ4n) is 2.90. The van der Waals surface area contributed by atoms with E-state index in [0.717, 1.165) is 16.0 Å². The molecule has 0 saturated heterocycles. The van der Waals surface area contributed by atoms with Crippen LogP contribution in [0, 0.1) is 0 Å². The highest BCUT2D eigenvalue weighted by Crippen LogP contribution is 2.23. The van der Waals surface area contributed by atoms with Crippen molar-refractivity contribution in [2.75, 3.05) is 10.6 Å². The first kappa shape index (κ1) is 18.2. The van der Waals surface area contributed by atoms with E-state index in [1.165, 1.54) is 6.92 Å². The van der Waals surface area contributed by atoms with E-state index in [1.807, 2.05) is 60.7 Å². The second-order valence-corrected chi connectivity index (χ2v) is 6.15. The first-order chi connectivity index (χ1) is 13.1. The first-order valence-corrected chi connectivity index (χ1v) is 8.63. The predicted octanol–water partition coefficient (Wildman–Crippen LogP) is 4.12. The molecule has 0 bridgehead atoms. The van der Waals surface area contributed by atoms with Gasteiger partial charge in [-0.25, -0.2) is 9.69 Å². The maximum Gasteiger partial charge on any atom is 0.329 e. The maximum absolute atomic E-state index is 13.0. The Bertz CT molecular complexity index is 870. The van der Waals surface area contributed by atoms with Crippen molar-refractivity contribution in [1.82, 2.24) is 5.32 Å². The molecule has 0 saturated carbocycles. The quantitative estimate of drug-likeness (QED) is 0.688. The van der Waals surface area contributed by atoms with E-state index in [1.54, 1.807) is 24.3 Å². The number of nitrogens with one attached hydrogen (secondary N) is 1. The molecule has 0 unspecified atom stereocenters. The smallest absolute Gasteiger partial charge is 0.329 e. The fourth-order valence-corrected chi connectivity index (χ4v) is 2.90. The summed E-state index contributed by atoms with van der Waals surface area (Å²) in [4.78, 5) is 26.3. The molecule has 0 spiro atoms. The van der Waals surface area contributed by atoms with Crippen molar-refractivity contribution >= 4 is 23.3 Å². The molecule has 0 aliphatic heterocycles. The van der Waals surface area contributed by atoms with Gasteiger partial charge in [0.1, 0.15) is 0 Å².